The molecule has 4 aromatic rings. The van der Waals surface area contributed by atoms with Crippen LogP contribution in [-0.2, 0) is 38.3 Å². The van der Waals surface area contributed by atoms with Gasteiger partial charge in [0, 0.05) is 0 Å². The van der Waals surface area contributed by atoms with E-state index in [4.69, 9.17) is 0 Å². The van der Waals surface area contributed by atoms with Crippen LogP contribution in [0.25, 0.3) is 21.5 Å². The van der Waals surface area contributed by atoms with Crippen molar-refractivity contribution < 1.29 is 63.2 Å². The molecule has 0 saturated carbocycles. The fourth-order valence-electron chi connectivity index (χ4n) is 4.46. The summed E-state index contributed by atoms with van der Waals surface area (Å²) in [4.78, 5) is 0. The van der Waals surface area contributed by atoms with Crippen LogP contribution in [-0.4, -0.2) is 12.4 Å². The largest absolute Gasteiger partial charge is 1.00 e. The van der Waals surface area contributed by atoms with E-state index in [-0.39, 0.29) is 37.2 Å². The van der Waals surface area contributed by atoms with Gasteiger partial charge in [-0.1, -0.05) is 65.5 Å². The first-order valence-electron chi connectivity index (χ1n) is 15.5. The van der Waals surface area contributed by atoms with Gasteiger partial charge in [0.25, 0.3) is 0 Å². The maximum atomic E-state index is 3.36. The Balaban J connectivity index is 0. The molecule has 46 heavy (non-hydrogen) atoms. The monoisotopic (exact) mass is 754 g/mol. The average molecular weight is 756 g/mol. The molecule has 0 aromatic heterocycles. The number of rotatable bonds is 0. The van der Waals surface area contributed by atoms with E-state index in [1.165, 1.54) is 55.0 Å². The summed E-state index contributed by atoms with van der Waals surface area (Å²) in [5.41, 5.74) is 8.49. The summed E-state index contributed by atoms with van der Waals surface area (Å²) in [6, 6.07) is 29.3. The summed E-state index contributed by atoms with van der Waals surface area (Å²) in [5, 5.41) is 5.32. The van der Waals surface area contributed by atoms with Crippen molar-refractivity contribution in [3.63, 3.8) is 0 Å². The maximum Gasteiger partial charge on any atom is -0.0809 e. The van der Waals surface area contributed by atoms with Crippen LogP contribution in [0.5, 0.6) is 0 Å². The summed E-state index contributed by atoms with van der Waals surface area (Å²) in [7, 11) is 0. The third-order valence-electron chi connectivity index (χ3n) is 7.57. The SMILES string of the molecule is CC1=[C-]C(C)C(C)=C1C.CC1=[C-]C(C)C(C)=C1C.C[Si](C)=[Ti+2].C[Si](C)=[Ti+2].[Cl-].[Cl-].c1ccc2[cH-]ccc2c1.c1ccc2[cH-]ccc2c1. The van der Waals surface area contributed by atoms with E-state index in [0.29, 0.717) is 11.8 Å². The first kappa shape index (κ1) is 47.2. The molecule has 0 fully saturated rings. The molecule has 4 aromatic carbocycles. The smallest absolute Gasteiger partial charge is 0.0809 e. The molecule has 0 nitrogen and oxygen atoms in total. The van der Waals surface area contributed by atoms with Gasteiger partial charge in [-0.3, -0.25) is 12.2 Å². The number of benzene rings is 2. The van der Waals surface area contributed by atoms with Crippen LogP contribution in [0.4, 0.5) is 0 Å². The van der Waals surface area contributed by atoms with Gasteiger partial charge in [0.2, 0.25) is 0 Å². The predicted octanol–water partition coefficient (Wildman–Crippen LogP) is 6.14. The Hall–Kier alpha value is -0.938. The fraction of sp³-hybridized carbons (Fsp3) is 0.350. The second-order valence-corrected chi connectivity index (χ2v) is 25.3. The van der Waals surface area contributed by atoms with Gasteiger partial charge in [0.05, 0.1) is 0 Å². The van der Waals surface area contributed by atoms with Gasteiger partial charge < -0.3 is 24.8 Å². The zero-order valence-corrected chi connectivity index (χ0v) is 36.6. The van der Waals surface area contributed by atoms with Crippen molar-refractivity contribution >= 4 is 33.9 Å². The summed E-state index contributed by atoms with van der Waals surface area (Å²) in [5.74, 6) is 1.12. The van der Waals surface area contributed by atoms with Gasteiger partial charge >= 0.3 is 76.9 Å². The number of hydrogen-bond donors (Lipinski definition) is 0. The van der Waals surface area contributed by atoms with E-state index in [0.717, 1.165) is 0 Å². The molecule has 0 aliphatic heterocycles. The maximum absolute atomic E-state index is 3.36. The molecule has 0 bridgehead atoms. The van der Waals surface area contributed by atoms with Crippen molar-refractivity contribution in [2.75, 3.05) is 0 Å². The van der Waals surface area contributed by atoms with E-state index in [1.54, 1.807) is 0 Å². The van der Waals surface area contributed by atoms with Crippen LogP contribution in [0.1, 0.15) is 55.4 Å². The quantitative estimate of drug-likeness (QED) is 0.150. The Labute approximate surface area is 318 Å². The summed E-state index contributed by atoms with van der Waals surface area (Å²) >= 11 is 4.54. The van der Waals surface area contributed by atoms with Gasteiger partial charge in [0.15, 0.2) is 0 Å². The summed E-state index contributed by atoms with van der Waals surface area (Å²) in [6.07, 6.45) is 6.96. The Morgan fingerprint density at radius 2 is 0.826 bits per heavy atom. The van der Waals surface area contributed by atoms with Crippen LogP contribution in [0, 0.1) is 24.0 Å². The summed E-state index contributed by atoms with van der Waals surface area (Å²) in [6.45, 7) is 26.4. The zero-order valence-electron chi connectivity index (χ0n) is 30.0. The van der Waals surface area contributed by atoms with Gasteiger partial charge in [-0.05, 0) is 0 Å². The van der Waals surface area contributed by atoms with E-state index >= 15 is 0 Å². The van der Waals surface area contributed by atoms with Crippen molar-refractivity contribution in [3.05, 3.63) is 131 Å². The van der Waals surface area contributed by atoms with Crippen molar-refractivity contribution in [1.29, 1.82) is 0 Å². The number of allylic oxidation sites excluding steroid dienone is 8. The molecular weight excluding hydrogens is 703 g/mol. The molecule has 6 heteroatoms. The third kappa shape index (κ3) is 18.0. The number of hydrogen-bond acceptors (Lipinski definition) is 0. The molecular formula is C40H52Cl2Si2Ti2-2. The minimum Gasteiger partial charge on any atom is -1.00 e. The molecule has 2 aliphatic carbocycles. The fourth-order valence-corrected chi connectivity index (χ4v) is 4.46. The van der Waals surface area contributed by atoms with Crippen molar-refractivity contribution in [2.45, 2.75) is 81.6 Å². The second-order valence-electron chi connectivity index (χ2n) is 11.9. The van der Waals surface area contributed by atoms with Gasteiger partial charge in [-0.2, -0.15) is 57.3 Å². The molecule has 2 atom stereocenters. The van der Waals surface area contributed by atoms with Crippen LogP contribution in [0.15, 0.2) is 118 Å². The molecule has 0 heterocycles. The van der Waals surface area contributed by atoms with E-state index < -0.39 is 0 Å². The Kier molecular flexibility index (Phi) is 25.7. The molecule has 0 spiro atoms. The molecule has 2 unspecified atom stereocenters. The van der Waals surface area contributed by atoms with Crippen LogP contribution in [0.2, 0.25) is 26.2 Å². The van der Waals surface area contributed by atoms with Gasteiger partial charge in [0.1, 0.15) is 0 Å². The van der Waals surface area contributed by atoms with Crippen molar-refractivity contribution in [3.8, 4) is 0 Å². The zero-order chi connectivity index (χ0) is 33.4. The third-order valence-corrected chi connectivity index (χ3v) is 7.57. The minimum absolute atomic E-state index is 0. The molecule has 0 saturated heterocycles. The standard InChI is InChI=1S/2C9H7.2C9H13.2C2H6Si.2ClH.2Ti/c2*1-2-5-9-7-3-6-8(9)4-1;2*1-6-5-7(2)9(4)8(6)3;2*1-3-2;;;;/h2*1-7H;2*6H,1-4H3;2*1-2H3;2*1H;;/q4*-1;;;;;2*+2/p-2. The van der Waals surface area contributed by atoms with E-state index in [1.807, 2.05) is 0 Å². The molecule has 2 aliphatic rings. The van der Waals surface area contributed by atoms with Gasteiger partial charge in [-0.25, -0.2) is 11.1 Å². The van der Waals surface area contributed by atoms with Crippen molar-refractivity contribution in [1.82, 2.24) is 0 Å². The van der Waals surface area contributed by atoms with E-state index in [9.17, 15) is 0 Å². The Bertz CT molecular complexity index is 1440. The van der Waals surface area contributed by atoms with E-state index in [2.05, 4.69) is 217 Å². The second kappa shape index (κ2) is 25.1. The average Bonchev–Trinajstić information content (AvgIpc) is 3.73. The molecule has 0 N–H and O–H groups in total. The normalized spacial score (nSPS) is 15.8. The summed E-state index contributed by atoms with van der Waals surface area (Å²) < 4.78 is 0. The molecule has 0 radical (unpaired) electrons. The molecule has 244 valence electrons. The predicted molar refractivity (Wildman–Crippen MR) is 194 cm³/mol. The van der Waals surface area contributed by atoms with Crippen LogP contribution >= 0.6 is 0 Å². The van der Waals surface area contributed by atoms with Crippen molar-refractivity contribution in [2.24, 2.45) is 11.8 Å². The number of halogens is 2. The van der Waals surface area contributed by atoms with Crippen LogP contribution in [0.3, 0.4) is 0 Å². The van der Waals surface area contributed by atoms with Crippen LogP contribution < -0.4 is 24.8 Å². The topological polar surface area (TPSA) is 0 Å². The van der Waals surface area contributed by atoms with Gasteiger partial charge in [-0.15, -0.1) is 73.2 Å². The number of fused-ring (bicyclic) bond motifs is 2. The molecule has 0 amide bonds. The minimum atomic E-state index is 0. The first-order valence-corrected chi connectivity index (χ1v) is 25.1. The molecule has 6 rings (SSSR count). The Morgan fingerprint density at radius 1 is 0.543 bits per heavy atom. The Morgan fingerprint density at radius 3 is 1.02 bits per heavy atom. The first-order chi connectivity index (χ1) is 20.6.